The van der Waals surface area contributed by atoms with Gasteiger partial charge in [-0.2, -0.15) is 26.3 Å². The summed E-state index contributed by atoms with van der Waals surface area (Å²) in [5.74, 6) is -0.157. The highest BCUT2D eigenvalue weighted by atomic mass is 19.4. The Balaban J connectivity index is 1.41. The van der Waals surface area contributed by atoms with E-state index in [0.717, 1.165) is 35.3 Å². The summed E-state index contributed by atoms with van der Waals surface area (Å²) in [6, 6.07) is 7.94. The zero-order valence-corrected chi connectivity index (χ0v) is 20.3. The molecule has 6 nitrogen and oxygen atoms in total. The van der Waals surface area contributed by atoms with Crippen molar-refractivity contribution in [3.05, 3.63) is 64.2 Å². The summed E-state index contributed by atoms with van der Waals surface area (Å²) in [5.41, 5.74) is 2.97. The second-order valence-corrected chi connectivity index (χ2v) is 9.26. The van der Waals surface area contributed by atoms with Crippen LogP contribution in [-0.4, -0.2) is 54.7 Å². The first-order valence-electron chi connectivity index (χ1n) is 11.7. The molecule has 0 amide bonds. The van der Waals surface area contributed by atoms with Crippen LogP contribution in [0, 0.1) is 0 Å². The van der Waals surface area contributed by atoms with Crippen molar-refractivity contribution in [2.24, 2.45) is 0 Å². The van der Waals surface area contributed by atoms with Gasteiger partial charge in [-0.1, -0.05) is 17.7 Å². The number of aryl methyl sites for hydroxylation is 1. The van der Waals surface area contributed by atoms with Crippen LogP contribution in [0.1, 0.15) is 35.6 Å². The van der Waals surface area contributed by atoms with Gasteiger partial charge in [-0.25, -0.2) is 4.79 Å². The molecule has 0 bridgehead atoms. The normalized spacial score (nSPS) is 16.6. The minimum atomic E-state index is -4.80. The van der Waals surface area contributed by atoms with Crippen LogP contribution in [0.25, 0.3) is 5.57 Å². The molecule has 0 radical (unpaired) electrons. The number of carboxylic acid groups (broad SMARTS) is 1. The Morgan fingerprint density at radius 3 is 2.34 bits per heavy atom. The van der Waals surface area contributed by atoms with Gasteiger partial charge >= 0.3 is 18.5 Å². The van der Waals surface area contributed by atoms with Crippen LogP contribution in [0.5, 0.6) is 11.5 Å². The summed E-state index contributed by atoms with van der Waals surface area (Å²) in [7, 11) is 0. The third-order valence-electron chi connectivity index (χ3n) is 6.50. The quantitative estimate of drug-likeness (QED) is 0.309. The van der Waals surface area contributed by atoms with Crippen LogP contribution >= 0.6 is 0 Å². The fourth-order valence-corrected chi connectivity index (χ4v) is 4.59. The summed E-state index contributed by atoms with van der Waals surface area (Å²) in [5, 5.41) is 8.69. The molecule has 1 aliphatic heterocycles. The summed E-state index contributed by atoms with van der Waals surface area (Å²) < 4.78 is 92.6. The molecule has 1 N–H and O–H groups in total. The summed E-state index contributed by atoms with van der Waals surface area (Å²) in [4.78, 5) is 12.7. The minimum absolute atomic E-state index is 0.229. The van der Waals surface area contributed by atoms with Crippen molar-refractivity contribution in [1.82, 2.24) is 4.90 Å². The molecular formula is C26H25F6NO5. The van der Waals surface area contributed by atoms with E-state index in [2.05, 4.69) is 9.64 Å². The highest BCUT2D eigenvalue weighted by Gasteiger charge is 2.35. The number of fused-ring (bicyclic) bond motifs is 1. The molecule has 2 aliphatic rings. The highest BCUT2D eigenvalue weighted by molar-refractivity contribution is 5.72. The molecule has 38 heavy (non-hydrogen) atoms. The maximum Gasteiger partial charge on any atom is 0.506 e. The molecule has 12 heteroatoms. The van der Waals surface area contributed by atoms with Gasteiger partial charge in [0.05, 0.1) is 5.56 Å². The molecular weight excluding hydrogens is 520 g/mol. The maximum absolute atomic E-state index is 13.6. The van der Waals surface area contributed by atoms with Gasteiger partial charge in [-0.3, -0.25) is 4.90 Å². The molecule has 206 valence electrons. The number of alkyl halides is 6. The fraction of sp³-hybridized carbons (Fsp3) is 0.423. The minimum Gasteiger partial charge on any atom is -0.489 e. The standard InChI is InChI=1S/C26H25F6NO5/c1-15-17(10-33-11-21(12-33)38-24(34)35)3-2-16-8-19(6-7-22(15)16)36-13-18-4-5-20(37-14-25(27,28)29)9-23(18)26(30,31)32/h4-9,21H,2-3,10-14H2,1H3,(H,34,35). The number of halogens is 6. The Hall–Kier alpha value is -3.41. The first kappa shape index (κ1) is 27.6. The summed E-state index contributed by atoms with van der Waals surface area (Å²) in [6.45, 7) is 1.66. The molecule has 1 heterocycles. The Morgan fingerprint density at radius 1 is 1.00 bits per heavy atom. The van der Waals surface area contributed by atoms with E-state index < -0.39 is 43.0 Å². The number of allylic oxidation sites excluding steroid dienone is 1. The van der Waals surface area contributed by atoms with Gasteiger partial charge in [0.25, 0.3) is 0 Å². The molecule has 4 rings (SSSR count). The number of hydrogen-bond donors (Lipinski definition) is 1. The number of ether oxygens (including phenoxy) is 3. The SMILES string of the molecule is CC1=C(CN2CC(OC(=O)O)C2)CCc2cc(OCc3ccc(OCC(F)(F)F)cc3C(F)(F)F)ccc21. The van der Waals surface area contributed by atoms with Crippen molar-refractivity contribution in [3.63, 3.8) is 0 Å². The topological polar surface area (TPSA) is 68.2 Å². The van der Waals surface area contributed by atoms with Gasteiger partial charge in [0.1, 0.15) is 24.2 Å². The Kier molecular flexibility index (Phi) is 7.82. The molecule has 0 atom stereocenters. The van der Waals surface area contributed by atoms with Crippen molar-refractivity contribution in [3.8, 4) is 11.5 Å². The van der Waals surface area contributed by atoms with Crippen LogP contribution in [0.15, 0.2) is 42.0 Å². The van der Waals surface area contributed by atoms with Crippen LogP contribution in [0.2, 0.25) is 0 Å². The van der Waals surface area contributed by atoms with Crippen molar-refractivity contribution in [1.29, 1.82) is 0 Å². The van der Waals surface area contributed by atoms with Gasteiger partial charge < -0.3 is 19.3 Å². The number of carbonyl (C=O) groups is 1. The Bertz CT molecular complexity index is 1220. The van der Waals surface area contributed by atoms with Gasteiger partial charge in [0.15, 0.2) is 6.61 Å². The predicted molar refractivity (Wildman–Crippen MR) is 124 cm³/mol. The third-order valence-corrected chi connectivity index (χ3v) is 6.50. The molecule has 2 aromatic rings. The summed E-state index contributed by atoms with van der Waals surface area (Å²) in [6.07, 6.45) is -9.58. The summed E-state index contributed by atoms with van der Waals surface area (Å²) >= 11 is 0. The van der Waals surface area contributed by atoms with Gasteiger partial charge in [-0.05, 0) is 60.7 Å². The van der Waals surface area contributed by atoms with Crippen LogP contribution in [0.3, 0.4) is 0 Å². The monoisotopic (exact) mass is 545 g/mol. The van der Waals surface area contributed by atoms with Crippen LogP contribution in [0.4, 0.5) is 31.1 Å². The lowest BCUT2D eigenvalue weighted by atomic mass is 9.85. The van der Waals surface area contributed by atoms with Crippen molar-refractivity contribution in [2.45, 2.75) is 44.8 Å². The van der Waals surface area contributed by atoms with E-state index >= 15 is 0 Å². The van der Waals surface area contributed by atoms with Gasteiger partial charge in [-0.15, -0.1) is 0 Å². The predicted octanol–water partition coefficient (Wildman–Crippen LogP) is 6.32. The average molecular weight is 545 g/mol. The lowest BCUT2D eigenvalue weighted by Crippen LogP contribution is -2.53. The molecule has 0 spiro atoms. The van der Waals surface area contributed by atoms with Crippen LogP contribution in [-0.2, 0) is 23.9 Å². The molecule has 0 unspecified atom stereocenters. The first-order valence-corrected chi connectivity index (χ1v) is 11.7. The average Bonchev–Trinajstić information content (AvgIpc) is 2.80. The van der Waals surface area contributed by atoms with E-state index in [0.29, 0.717) is 37.9 Å². The Morgan fingerprint density at radius 2 is 1.68 bits per heavy atom. The van der Waals surface area contributed by atoms with E-state index in [1.807, 2.05) is 13.0 Å². The largest absolute Gasteiger partial charge is 0.506 e. The number of benzene rings is 2. The zero-order valence-electron chi connectivity index (χ0n) is 20.3. The van der Waals surface area contributed by atoms with E-state index in [9.17, 15) is 31.1 Å². The molecule has 1 fully saturated rings. The fourth-order valence-electron chi connectivity index (χ4n) is 4.59. The highest BCUT2D eigenvalue weighted by Crippen LogP contribution is 2.37. The van der Waals surface area contributed by atoms with Gasteiger partial charge in [0, 0.05) is 25.2 Å². The van der Waals surface area contributed by atoms with Gasteiger partial charge in [0.2, 0.25) is 0 Å². The second-order valence-electron chi connectivity index (χ2n) is 9.26. The third kappa shape index (κ3) is 6.91. The van der Waals surface area contributed by atoms with E-state index in [-0.39, 0.29) is 11.7 Å². The lowest BCUT2D eigenvalue weighted by Gasteiger charge is -2.39. The number of hydrogen-bond acceptors (Lipinski definition) is 5. The number of rotatable bonds is 8. The smallest absolute Gasteiger partial charge is 0.489 e. The molecule has 1 saturated heterocycles. The lowest BCUT2D eigenvalue weighted by molar-refractivity contribution is -0.153. The van der Waals surface area contributed by atoms with Crippen molar-refractivity contribution in [2.75, 3.05) is 26.2 Å². The van der Waals surface area contributed by atoms with E-state index in [1.165, 1.54) is 5.57 Å². The molecule has 0 saturated carbocycles. The van der Waals surface area contributed by atoms with Crippen LogP contribution < -0.4 is 9.47 Å². The maximum atomic E-state index is 13.6. The van der Waals surface area contributed by atoms with Crippen molar-refractivity contribution >= 4 is 11.7 Å². The van der Waals surface area contributed by atoms with E-state index in [4.69, 9.17) is 14.6 Å². The number of likely N-dealkylation sites (tertiary alicyclic amines) is 1. The number of nitrogens with zero attached hydrogens (tertiary/aromatic N) is 1. The second kappa shape index (κ2) is 10.8. The molecule has 2 aromatic carbocycles. The Labute approximate surface area is 214 Å². The van der Waals surface area contributed by atoms with E-state index in [1.54, 1.807) is 12.1 Å². The zero-order chi connectivity index (χ0) is 27.7. The van der Waals surface area contributed by atoms with Crippen molar-refractivity contribution < 1.29 is 50.5 Å². The molecule has 1 aliphatic carbocycles. The molecule has 0 aromatic heterocycles. The first-order chi connectivity index (χ1) is 17.8.